The van der Waals surface area contributed by atoms with E-state index in [0.717, 1.165) is 15.8 Å². The molecule has 0 saturated carbocycles. The minimum absolute atomic E-state index is 0.0171. The molecular formula is C24H21N3O4. The average molecular weight is 415 g/mol. The zero-order valence-corrected chi connectivity index (χ0v) is 17.2. The third-order valence-corrected chi connectivity index (χ3v) is 5.94. The number of benzene rings is 2. The van der Waals surface area contributed by atoms with Gasteiger partial charge in [-0.3, -0.25) is 18.7 Å². The van der Waals surface area contributed by atoms with Crippen LogP contribution in [0.2, 0.25) is 0 Å². The molecule has 0 saturated heterocycles. The molecule has 5 rings (SSSR count). The van der Waals surface area contributed by atoms with Crippen LogP contribution in [0.5, 0.6) is 11.5 Å². The van der Waals surface area contributed by atoms with Crippen molar-refractivity contribution in [2.75, 3.05) is 5.32 Å². The standard InChI is InChI=1S/C24H21N3O4/c1-26-22-21(23(29)27(2)24(26)30)19(20-17(25-22)11-12-18(20)28)14-7-6-10-16(13-14)31-15-8-4-3-5-9-15/h3-10,13,19,25H,11-12H2,1-2H3. The van der Waals surface area contributed by atoms with Gasteiger partial charge in [-0.25, -0.2) is 4.79 Å². The van der Waals surface area contributed by atoms with Crippen LogP contribution in [0.25, 0.3) is 0 Å². The number of para-hydroxylation sites is 1. The third-order valence-electron chi connectivity index (χ3n) is 5.94. The lowest BCUT2D eigenvalue weighted by Crippen LogP contribution is -2.43. The number of carbonyl (C=O) groups excluding carboxylic acids is 1. The van der Waals surface area contributed by atoms with Crippen LogP contribution in [-0.2, 0) is 18.9 Å². The van der Waals surface area contributed by atoms with Crippen LogP contribution in [0.3, 0.4) is 0 Å². The van der Waals surface area contributed by atoms with E-state index in [0.29, 0.717) is 41.3 Å². The summed E-state index contributed by atoms with van der Waals surface area (Å²) in [5, 5.41) is 3.20. The van der Waals surface area contributed by atoms with E-state index in [2.05, 4.69) is 5.32 Å². The Bertz CT molecular complexity index is 1370. The molecule has 2 heterocycles. The summed E-state index contributed by atoms with van der Waals surface area (Å²) < 4.78 is 8.49. The van der Waals surface area contributed by atoms with E-state index in [4.69, 9.17) is 4.74 Å². The number of nitrogens with one attached hydrogen (secondary N) is 1. The minimum Gasteiger partial charge on any atom is -0.457 e. The first kappa shape index (κ1) is 19.1. The second-order valence-corrected chi connectivity index (χ2v) is 7.83. The zero-order valence-electron chi connectivity index (χ0n) is 17.2. The number of allylic oxidation sites excluding steroid dienone is 2. The predicted octanol–water partition coefficient (Wildman–Crippen LogP) is 3.05. The summed E-state index contributed by atoms with van der Waals surface area (Å²) in [6.45, 7) is 0. The number of aromatic nitrogens is 2. The Labute approximate surface area is 178 Å². The minimum atomic E-state index is -0.564. The van der Waals surface area contributed by atoms with Gasteiger partial charge in [-0.2, -0.15) is 0 Å². The first-order chi connectivity index (χ1) is 15.0. The molecule has 0 amide bonds. The summed E-state index contributed by atoms with van der Waals surface area (Å²) >= 11 is 0. The van der Waals surface area contributed by atoms with Gasteiger partial charge in [-0.05, 0) is 36.2 Å². The Hall–Kier alpha value is -3.87. The van der Waals surface area contributed by atoms with Gasteiger partial charge in [0.15, 0.2) is 5.78 Å². The molecule has 1 unspecified atom stereocenters. The summed E-state index contributed by atoms with van der Waals surface area (Å²) in [7, 11) is 3.08. The Morgan fingerprint density at radius 3 is 2.42 bits per heavy atom. The number of Topliss-reactive ketones (excluding diaryl/α,β-unsaturated/α-hetero) is 1. The molecule has 0 radical (unpaired) electrons. The highest BCUT2D eigenvalue weighted by Gasteiger charge is 2.40. The van der Waals surface area contributed by atoms with Crippen LogP contribution in [0, 0.1) is 0 Å². The maximum atomic E-state index is 13.2. The number of rotatable bonds is 3. The molecule has 1 aliphatic heterocycles. The van der Waals surface area contributed by atoms with Crippen molar-refractivity contribution < 1.29 is 9.53 Å². The lowest BCUT2D eigenvalue weighted by molar-refractivity contribution is -0.115. The van der Waals surface area contributed by atoms with Crippen molar-refractivity contribution in [2.24, 2.45) is 14.1 Å². The molecule has 2 aliphatic rings. The third kappa shape index (κ3) is 3.01. The van der Waals surface area contributed by atoms with Crippen LogP contribution in [0.4, 0.5) is 5.82 Å². The van der Waals surface area contributed by atoms with Crippen molar-refractivity contribution >= 4 is 11.6 Å². The lowest BCUT2D eigenvalue weighted by Gasteiger charge is -2.29. The Balaban J connectivity index is 1.70. The summed E-state index contributed by atoms with van der Waals surface area (Å²) in [6.07, 6.45) is 0.949. The maximum Gasteiger partial charge on any atom is 0.332 e. The van der Waals surface area contributed by atoms with Gasteiger partial charge in [0, 0.05) is 37.7 Å². The van der Waals surface area contributed by atoms with E-state index in [9.17, 15) is 14.4 Å². The topological polar surface area (TPSA) is 82.3 Å². The van der Waals surface area contributed by atoms with Gasteiger partial charge in [-0.15, -0.1) is 0 Å². The molecule has 7 heteroatoms. The monoisotopic (exact) mass is 415 g/mol. The molecule has 0 spiro atoms. The number of fused-ring (bicyclic) bond motifs is 1. The molecule has 1 atom stereocenters. The molecule has 1 aromatic heterocycles. The van der Waals surface area contributed by atoms with Gasteiger partial charge in [-0.1, -0.05) is 30.3 Å². The Kier molecular flexibility index (Phi) is 4.39. The quantitative estimate of drug-likeness (QED) is 0.711. The second-order valence-electron chi connectivity index (χ2n) is 7.83. The summed E-state index contributed by atoms with van der Waals surface area (Å²) in [5.74, 6) is 1.20. The van der Waals surface area contributed by atoms with Crippen LogP contribution in [0.15, 0.2) is 75.5 Å². The van der Waals surface area contributed by atoms with Crippen molar-refractivity contribution in [3.8, 4) is 11.5 Å². The van der Waals surface area contributed by atoms with Crippen molar-refractivity contribution in [3.63, 3.8) is 0 Å². The van der Waals surface area contributed by atoms with Gasteiger partial charge in [0.1, 0.15) is 17.3 Å². The lowest BCUT2D eigenvalue weighted by atomic mass is 9.82. The highest BCUT2D eigenvalue weighted by molar-refractivity contribution is 6.02. The van der Waals surface area contributed by atoms with Gasteiger partial charge in [0.25, 0.3) is 5.56 Å². The fourth-order valence-electron chi connectivity index (χ4n) is 4.43. The molecule has 0 fully saturated rings. The Morgan fingerprint density at radius 2 is 1.65 bits per heavy atom. The van der Waals surface area contributed by atoms with Gasteiger partial charge in [0.05, 0.1) is 5.56 Å². The molecular weight excluding hydrogens is 394 g/mol. The van der Waals surface area contributed by atoms with Crippen LogP contribution in [-0.4, -0.2) is 14.9 Å². The summed E-state index contributed by atoms with van der Waals surface area (Å²) in [6, 6.07) is 16.8. The zero-order chi connectivity index (χ0) is 21.7. The van der Waals surface area contributed by atoms with Crippen LogP contribution >= 0.6 is 0 Å². The normalized spacial score (nSPS) is 17.2. The van der Waals surface area contributed by atoms with Crippen molar-refractivity contribution in [1.82, 2.24) is 9.13 Å². The largest absolute Gasteiger partial charge is 0.457 e. The molecule has 1 aliphatic carbocycles. The van der Waals surface area contributed by atoms with Crippen molar-refractivity contribution in [2.45, 2.75) is 18.8 Å². The number of nitrogens with zero attached hydrogens (tertiary/aromatic N) is 2. The van der Waals surface area contributed by atoms with E-state index in [1.165, 1.54) is 11.6 Å². The van der Waals surface area contributed by atoms with E-state index in [-0.39, 0.29) is 5.78 Å². The van der Waals surface area contributed by atoms with E-state index < -0.39 is 17.2 Å². The number of carbonyl (C=O) groups is 1. The van der Waals surface area contributed by atoms with Gasteiger partial charge >= 0.3 is 5.69 Å². The number of ketones is 1. The molecule has 0 bridgehead atoms. The maximum absolute atomic E-state index is 13.2. The summed E-state index contributed by atoms with van der Waals surface area (Å²) in [4.78, 5) is 38.5. The predicted molar refractivity (Wildman–Crippen MR) is 117 cm³/mol. The van der Waals surface area contributed by atoms with Crippen molar-refractivity contribution in [3.05, 3.63) is 97.8 Å². The number of hydrogen-bond donors (Lipinski definition) is 1. The van der Waals surface area contributed by atoms with E-state index in [1.807, 2.05) is 54.6 Å². The molecule has 2 aromatic carbocycles. The first-order valence-corrected chi connectivity index (χ1v) is 10.1. The molecule has 7 nitrogen and oxygen atoms in total. The molecule has 1 N–H and O–H groups in total. The Morgan fingerprint density at radius 1 is 0.903 bits per heavy atom. The average Bonchev–Trinajstić information content (AvgIpc) is 3.16. The number of ether oxygens (including phenoxy) is 1. The van der Waals surface area contributed by atoms with Crippen LogP contribution < -0.4 is 21.3 Å². The van der Waals surface area contributed by atoms with Gasteiger partial charge in [0.2, 0.25) is 0 Å². The molecule has 3 aromatic rings. The van der Waals surface area contributed by atoms with E-state index in [1.54, 1.807) is 7.05 Å². The summed E-state index contributed by atoms with van der Waals surface area (Å²) in [5.41, 5.74) is 1.73. The first-order valence-electron chi connectivity index (χ1n) is 10.1. The highest BCUT2D eigenvalue weighted by atomic mass is 16.5. The fraction of sp³-hybridized carbons (Fsp3) is 0.208. The number of anilines is 1. The molecule has 31 heavy (non-hydrogen) atoms. The highest BCUT2D eigenvalue weighted by Crippen LogP contribution is 2.44. The second kappa shape index (κ2) is 7.12. The van der Waals surface area contributed by atoms with Gasteiger partial charge < -0.3 is 10.1 Å². The van der Waals surface area contributed by atoms with Crippen LogP contribution in [0.1, 0.15) is 29.9 Å². The fourth-order valence-corrected chi connectivity index (χ4v) is 4.43. The SMILES string of the molecule is Cn1c2c(c(=O)n(C)c1=O)C(c1cccc(Oc3ccccc3)c1)C1=C(CCC1=O)N2. The number of hydrogen-bond acceptors (Lipinski definition) is 5. The smallest absolute Gasteiger partial charge is 0.332 e. The van der Waals surface area contributed by atoms with E-state index >= 15 is 0 Å². The molecule has 156 valence electrons. The van der Waals surface area contributed by atoms with Crippen molar-refractivity contribution in [1.29, 1.82) is 0 Å².